The van der Waals surface area contributed by atoms with Crippen LogP contribution in [0.1, 0.15) is 89.3 Å². The Labute approximate surface area is 371 Å². The molecule has 16 heteroatoms. The number of benzene rings is 2. The number of urea groups is 1. The number of ether oxygens (including phenoxy) is 2. The second kappa shape index (κ2) is 22.8. The number of hydrogen-bond acceptors (Lipinski definition) is 10. The molecule has 16 nitrogen and oxygen atoms in total. The number of carbonyl (C=O) groups is 5. The van der Waals surface area contributed by atoms with Gasteiger partial charge in [0.05, 0.1) is 12.1 Å². The number of aryl methyl sites for hydroxylation is 2. The molecule has 7 rings (SSSR count). The number of likely N-dealkylation sites (N-methyl/N-ethyl adjacent to an activating group) is 1. The molecule has 2 aromatic carbocycles. The normalized spacial score (nSPS) is 18.0. The highest BCUT2D eigenvalue weighted by molar-refractivity contribution is 6.32. The van der Waals surface area contributed by atoms with E-state index in [4.69, 9.17) is 13.9 Å². The van der Waals surface area contributed by atoms with Gasteiger partial charge in [-0.1, -0.05) is 64.8 Å². The molecule has 1 N–H and O–H groups in total. The highest BCUT2D eigenvalue weighted by atomic mass is 16.6. The third-order valence-corrected chi connectivity index (χ3v) is 12.7. The van der Waals surface area contributed by atoms with E-state index in [0.29, 0.717) is 82.3 Å². The molecule has 1 aromatic heterocycles. The smallest absolute Gasteiger partial charge is 0.419 e. The summed E-state index contributed by atoms with van der Waals surface area (Å²) >= 11 is 0. The zero-order valence-electron chi connectivity index (χ0n) is 37.2. The van der Waals surface area contributed by atoms with Gasteiger partial charge in [-0.25, -0.2) is 19.2 Å². The fourth-order valence-electron chi connectivity index (χ4n) is 8.71. The van der Waals surface area contributed by atoms with Gasteiger partial charge < -0.3 is 43.7 Å². The number of amides is 5. The lowest BCUT2D eigenvalue weighted by Crippen LogP contribution is -2.51. The van der Waals surface area contributed by atoms with Crippen LogP contribution in [0, 0.1) is 12.8 Å². The van der Waals surface area contributed by atoms with Crippen LogP contribution in [-0.4, -0.2) is 144 Å². The number of hydrogen-bond donors (Lipinski definition) is 1. The first kappa shape index (κ1) is 48.6. The molecule has 346 valence electrons. The first-order valence-electron chi connectivity index (χ1n) is 22.5. The van der Waals surface area contributed by atoms with Crippen molar-refractivity contribution < 1.29 is 37.9 Å². The van der Waals surface area contributed by atoms with E-state index in [0.717, 1.165) is 80.4 Å². The van der Waals surface area contributed by atoms with Crippen LogP contribution < -0.4 is 11.1 Å². The van der Waals surface area contributed by atoms with E-state index >= 15 is 0 Å². The van der Waals surface area contributed by atoms with E-state index in [1.807, 2.05) is 49.2 Å². The lowest BCUT2D eigenvalue weighted by molar-refractivity contribution is -0.161. The first-order chi connectivity index (χ1) is 29.8. The van der Waals surface area contributed by atoms with Crippen LogP contribution in [0.4, 0.5) is 15.3 Å². The Balaban J connectivity index is 0.000000333. The summed E-state index contributed by atoms with van der Waals surface area (Å²) in [7, 11) is 3.67. The molecular formula is C47H69N7O9. The molecule has 63 heavy (non-hydrogen) atoms. The van der Waals surface area contributed by atoms with Crippen molar-refractivity contribution >= 4 is 46.7 Å². The number of oxazole rings is 1. The SMILES string of the molecule is C.CCCCCCOC(=O)C(=O)N1CCN(C)CC1.Cc1cc(C[C@@H](OC(=O)N2CCC(N3CCc4ccccc4NC3=O)CC2)C(=O)N2CCC(C)CC2)cc2oc(=O)n(C)c12. The van der Waals surface area contributed by atoms with E-state index in [9.17, 15) is 28.8 Å². The van der Waals surface area contributed by atoms with Gasteiger partial charge in [0, 0.05) is 84.1 Å². The molecule has 0 radical (unpaired) electrons. The van der Waals surface area contributed by atoms with Crippen molar-refractivity contribution in [2.45, 2.75) is 105 Å². The number of unbranched alkanes of at least 4 members (excludes halogenated alkanes) is 3. The molecule has 3 saturated heterocycles. The zero-order valence-corrected chi connectivity index (χ0v) is 37.2. The summed E-state index contributed by atoms with van der Waals surface area (Å²) in [4.78, 5) is 84.7. The fraction of sp³-hybridized carbons (Fsp3) is 0.617. The van der Waals surface area contributed by atoms with Gasteiger partial charge >= 0.3 is 29.8 Å². The molecule has 0 aliphatic carbocycles. The topological polar surface area (TPSA) is 167 Å². The summed E-state index contributed by atoms with van der Waals surface area (Å²) in [5, 5.41) is 3.03. The average Bonchev–Trinajstić information content (AvgIpc) is 3.44. The third-order valence-electron chi connectivity index (χ3n) is 12.7. The van der Waals surface area contributed by atoms with Gasteiger partial charge in [-0.15, -0.1) is 0 Å². The van der Waals surface area contributed by atoms with Gasteiger partial charge in [-0.2, -0.15) is 0 Å². The number of nitrogens with one attached hydrogen (secondary N) is 1. The number of piperazine rings is 1. The monoisotopic (exact) mass is 876 g/mol. The van der Waals surface area contributed by atoms with Crippen LogP contribution in [-0.2, 0) is 43.7 Å². The summed E-state index contributed by atoms with van der Waals surface area (Å²) < 4.78 is 17.9. The maximum absolute atomic E-state index is 13.8. The number of aromatic nitrogens is 1. The van der Waals surface area contributed by atoms with Crippen LogP contribution in [0.5, 0.6) is 0 Å². The minimum atomic E-state index is -1.00. The molecular weight excluding hydrogens is 807 g/mol. The van der Waals surface area contributed by atoms with Crippen molar-refractivity contribution in [2.75, 3.05) is 77.9 Å². The number of anilines is 1. The number of esters is 1. The highest BCUT2D eigenvalue weighted by Gasteiger charge is 2.35. The molecule has 0 spiro atoms. The summed E-state index contributed by atoms with van der Waals surface area (Å²) in [5.74, 6) is -1.29. The Morgan fingerprint density at radius 2 is 1.52 bits per heavy atom. The molecule has 3 fully saturated rings. The number of carbonyl (C=O) groups excluding carboxylic acids is 5. The lowest BCUT2D eigenvalue weighted by Gasteiger charge is -2.38. The molecule has 0 saturated carbocycles. The maximum atomic E-state index is 13.8. The highest BCUT2D eigenvalue weighted by Crippen LogP contribution is 2.27. The van der Waals surface area contributed by atoms with Crippen molar-refractivity contribution in [3.8, 4) is 0 Å². The largest absolute Gasteiger partial charge is 0.459 e. The standard InChI is InChI=1S/C33H41N5O6.C13H24N2O3.CH4/c1-21-8-13-36(14-9-21)30(39)28(20-23-18-22(2)29-27(19-23)43-32(41)35(29)3)44-33(42)37-15-11-25(12-16-37)38-17-10-24-6-4-5-7-26(24)34-31(38)40;1-3-4-5-6-11-18-13(17)12(16)15-9-7-14(2)8-10-15;/h4-7,18-19,21,25,28H,8-17,20H2,1-3H3,(H,34,40);3-11H2,1-2H3;1H4/t28-;;/m1../s1. The van der Waals surface area contributed by atoms with Crippen LogP contribution in [0.2, 0.25) is 0 Å². The minimum Gasteiger partial charge on any atom is -0.459 e. The number of para-hydroxylation sites is 1. The van der Waals surface area contributed by atoms with E-state index in [-0.39, 0.29) is 31.8 Å². The van der Waals surface area contributed by atoms with E-state index in [1.165, 1.54) is 4.57 Å². The van der Waals surface area contributed by atoms with Crippen LogP contribution >= 0.6 is 0 Å². The minimum absolute atomic E-state index is 0. The second-order valence-corrected chi connectivity index (χ2v) is 17.3. The zero-order chi connectivity index (χ0) is 44.3. The summed E-state index contributed by atoms with van der Waals surface area (Å²) in [6.07, 6.45) is 6.68. The Kier molecular flexibility index (Phi) is 17.6. The number of fused-ring (bicyclic) bond motifs is 2. The summed E-state index contributed by atoms with van der Waals surface area (Å²) in [6.45, 7) is 12.2. The number of piperidine rings is 2. The number of nitrogens with zero attached hydrogens (tertiary/aromatic N) is 6. The first-order valence-corrected chi connectivity index (χ1v) is 22.5. The van der Waals surface area contributed by atoms with Gasteiger partial charge in [0.2, 0.25) is 0 Å². The predicted molar refractivity (Wildman–Crippen MR) is 242 cm³/mol. The maximum Gasteiger partial charge on any atom is 0.419 e. The van der Waals surface area contributed by atoms with Crippen molar-refractivity contribution in [3.63, 3.8) is 0 Å². The summed E-state index contributed by atoms with van der Waals surface area (Å²) in [6, 6.07) is 11.4. The van der Waals surface area contributed by atoms with E-state index < -0.39 is 29.8 Å². The van der Waals surface area contributed by atoms with Crippen molar-refractivity contribution in [1.29, 1.82) is 0 Å². The lowest BCUT2D eigenvalue weighted by atomic mass is 9.98. The molecule has 0 unspecified atom stereocenters. The Morgan fingerprint density at radius 3 is 2.22 bits per heavy atom. The second-order valence-electron chi connectivity index (χ2n) is 17.3. The quantitative estimate of drug-likeness (QED) is 0.149. The average molecular weight is 876 g/mol. The van der Waals surface area contributed by atoms with Gasteiger partial charge in [0.25, 0.3) is 5.91 Å². The van der Waals surface area contributed by atoms with Gasteiger partial charge in [-0.05, 0) is 87.2 Å². The van der Waals surface area contributed by atoms with E-state index in [1.54, 1.807) is 27.8 Å². The molecule has 0 bridgehead atoms. The Bertz CT molecular complexity index is 2090. The van der Waals surface area contributed by atoms with Gasteiger partial charge in [0.15, 0.2) is 11.7 Å². The van der Waals surface area contributed by atoms with Crippen LogP contribution in [0.15, 0.2) is 45.6 Å². The molecule has 4 aliphatic heterocycles. The molecule has 4 aliphatic rings. The molecule has 5 heterocycles. The number of rotatable bonds is 10. The van der Waals surface area contributed by atoms with Gasteiger partial charge in [0.1, 0.15) is 0 Å². The van der Waals surface area contributed by atoms with Crippen molar-refractivity contribution in [2.24, 2.45) is 13.0 Å². The van der Waals surface area contributed by atoms with Crippen LogP contribution in [0.3, 0.4) is 0 Å². The predicted octanol–water partition coefficient (Wildman–Crippen LogP) is 5.82. The number of likely N-dealkylation sites (tertiary alicyclic amines) is 2. The molecule has 1 atom stereocenters. The molecule has 5 amide bonds. The van der Waals surface area contributed by atoms with Crippen LogP contribution in [0.25, 0.3) is 11.1 Å². The molecule has 3 aromatic rings. The van der Waals surface area contributed by atoms with Crippen molar-refractivity contribution in [1.82, 2.24) is 29.1 Å². The van der Waals surface area contributed by atoms with E-state index in [2.05, 4.69) is 24.1 Å². The van der Waals surface area contributed by atoms with Gasteiger partial charge in [-0.3, -0.25) is 14.2 Å². The Hall–Kier alpha value is -5.38. The van der Waals surface area contributed by atoms with Crippen molar-refractivity contribution in [3.05, 3.63) is 63.6 Å². The summed E-state index contributed by atoms with van der Waals surface area (Å²) in [5.41, 5.74) is 4.72. The third kappa shape index (κ3) is 12.6. The Morgan fingerprint density at radius 1 is 0.841 bits per heavy atom. The fourth-order valence-corrected chi connectivity index (χ4v) is 8.71.